The van der Waals surface area contributed by atoms with Gasteiger partial charge in [0.1, 0.15) is 0 Å². The van der Waals surface area contributed by atoms with Crippen molar-refractivity contribution < 1.29 is 0 Å². The molecule has 0 heterocycles. The van der Waals surface area contributed by atoms with Crippen molar-refractivity contribution in [1.29, 1.82) is 0 Å². The van der Waals surface area contributed by atoms with Gasteiger partial charge in [-0.05, 0) is 36.5 Å². The molecule has 0 nitrogen and oxygen atoms in total. The Balaban J connectivity index is 1.84. The molecule has 0 saturated heterocycles. The number of rotatable bonds is 5. The lowest BCUT2D eigenvalue weighted by molar-refractivity contribution is 0.716. The zero-order valence-electron chi connectivity index (χ0n) is 10.2. The molecule has 1 unspecified atom stereocenters. The summed E-state index contributed by atoms with van der Waals surface area (Å²) >= 11 is 12.5. The molecule has 0 spiro atoms. The summed E-state index contributed by atoms with van der Waals surface area (Å²) in [5.74, 6) is 0. The maximum absolute atomic E-state index is 6.38. The molecule has 0 saturated carbocycles. The van der Waals surface area contributed by atoms with Crippen LogP contribution < -0.4 is 0 Å². The lowest BCUT2D eigenvalue weighted by atomic mass is 10.0. The van der Waals surface area contributed by atoms with Crippen LogP contribution in [-0.2, 0) is 6.42 Å². The molecule has 0 bridgehead atoms. The molecule has 0 radical (unpaired) electrons. The Morgan fingerprint density at radius 1 is 0.889 bits per heavy atom. The molecule has 2 aromatic carbocycles. The third-order valence-corrected chi connectivity index (χ3v) is 3.86. The number of aryl methyl sites for hydroxylation is 1. The molecule has 1 atom stereocenters. The molecule has 2 rings (SSSR count). The second-order valence-corrected chi connectivity index (χ2v) is 5.30. The van der Waals surface area contributed by atoms with Crippen LogP contribution in [0.4, 0.5) is 0 Å². The molecular formula is C16H16Cl2. The predicted molar refractivity (Wildman–Crippen MR) is 79.4 cm³/mol. The Kier molecular flexibility index (Phi) is 5.10. The van der Waals surface area contributed by atoms with Crippen LogP contribution in [0, 0.1) is 0 Å². The van der Waals surface area contributed by atoms with Crippen LogP contribution in [0.25, 0.3) is 0 Å². The van der Waals surface area contributed by atoms with Gasteiger partial charge in [0.25, 0.3) is 0 Å². The average molecular weight is 279 g/mol. The van der Waals surface area contributed by atoms with Crippen LogP contribution in [-0.4, -0.2) is 0 Å². The number of halogens is 2. The van der Waals surface area contributed by atoms with Gasteiger partial charge in [0.05, 0.1) is 5.38 Å². The van der Waals surface area contributed by atoms with E-state index in [4.69, 9.17) is 23.2 Å². The van der Waals surface area contributed by atoms with Gasteiger partial charge in [-0.15, -0.1) is 11.6 Å². The van der Waals surface area contributed by atoms with Gasteiger partial charge >= 0.3 is 0 Å². The summed E-state index contributed by atoms with van der Waals surface area (Å²) < 4.78 is 0. The van der Waals surface area contributed by atoms with E-state index in [1.54, 1.807) is 0 Å². The van der Waals surface area contributed by atoms with Crippen molar-refractivity contribution >= 4 is 23.2 Å². The summed E-state index contributed by atoms with van der Waals surface area (Å²) in [5, 5.41) is 0.942. The third kappa shape index (κ3) is 3.76. The molecule has 94 valence electrons. The highest BCUT2D eigenvalue weighted by molar-refractivity contribution is 6.31. The summed E-state index contributed by atoms with van der Waals surface area (Å²) in [4.78, 5) is 0. The highest BCUT2D eigenvalue weighted by atomic mass is 35.5. The first-order valence-electron chi connectivity index (χ1n) is 6.20. The molecule has 0 fully saturated rings. The van der Waals surface area contributed by atoms with Crippen LogP contribution in [0.2, 0.25) is 5.02 Å². The summed E-state index contributed by atoms with van der Waals surface area (Å²) in [6.07, 6.45) is 3.00. The molecular weight excluding hydrogens is 263 g/mol. The lowest BCUT2D eigenvalue weighted by Crippen LogP contribution is -1.93. The van der Waals surface area contributed by atoms with E-state index < -0.39 is 0 Å². The van der Waals surface area contributed by atoms with Crippen molar-refractivity contribution in [3.63, 3.8) is 0 Å². The van der Waals surface area contributed by atoms with Gasteiger partial charge in [-0.3, -0.25) is 0 Å². The van der Waals surface area contributed by atoms with Gasteiger partial charge in [0, 0.05) is 5.02 Å². The van der Waals surface area contributed by atoms with E-state index in [1.165, 1.54) is 11.1 Å². The summed E-state index contributed by atoms with van der Waals surface area (Å²) in [5.41, 5.74) is 2.40. The van der Waals surface area contributed by atoms with E-state index >= 15 is 0 Å². The minimum absolute atomic E-state index is 0.0914. The fourth-order valence-corrected chi connectivity index (χ4v) is 2.53. The number of alkyl halides is 1. The molecule has 0 aliphatic rings. The van der Waals surface area contributed by atoms with Crippen LogP contribution in [0.5, 0.6) is 0 Å². The van der Waals surface area contributed by atoms with Crippen LogP contribution in [0.1, 0.15) is 29.3 Å². The van der Waals surface area contributed by atoms with Gasteiger partial charge in [-0.25, -0.2) is 0 Å². The molecule has 0 aliphatic carbocycles. The van der Waals surface area contributed by atoms with Crippen molar-refractivity contribution in [2.24, 2.45) is 0 Å². The Morgan fingerprint density at radius 3 is 2.28 bits per heavy atom. The molecule has 0 aliphatic heterocycles. The van der Waals surface area contributed by atoms with E-state index in [1.807, 2.05) is 36.4 Å². The fourth-order valence-electron chi connectivity index (χ4n) is 2.00. The topological polar surface area (TPSA) is 0 Å². The Hall–Kier alpha value is -0.980. The van der Waals surface area contributed by atoms with Gasteiger partial charge in [0.2, 0.25) is 0 Å². The van der Waals surface area contributed by atoms with Crippen LogP contribution in [0.15, 0.2) is 54.6 Å². The highest BCUT2D eigenvalue weighted by Crippen LogP contribution is 2.27. The van der Waals surface area contributed by atoms with Crippen molar-refractivity contribution in [1.82, 2.24) is 0 Å². The van der Waals surface area contributed by atoms with Crippen LogP contribution >= 0.6 is 23.2 Å². The smallest absolute Gasteiger partial charge is 0.0585 e. The second kappa shape index (κ2) is 6.82. The Labute approximate surface area is 119 Å². The maximum Gasteiger partial charge on any atom is 0.0585 e. The van der Waals surface area contributed by atoms with Crippen molar-refractivity contribution in [3.8, 4) is 0 Å². The largest absolute Gasteiger partial charge is 0.118 e. The minimum Gasteiger partial charge on any atom is -0.118 e. The number of hydrogen-bond acceptors (Lipinski definition) is 0. The van der Waals surface area contributed by atoms with Crippen molar-refractivity contribution in [2.45, 2.75) is 24.6 Å². The SMILES string of the molecule is Clc1ccccc1CCCC(Cl)c1ccccc1. The van der Waals surface area contributed by atoms with E-state index in [0.717, 1.165) is 24.3 Å². The average Bonchev–Trinajstić information content (AvgIpc) is 2.42. The normalized spacial score (nSPS) is 12.3. The number of benzene rings is 2. The van der Waals surface area contributed by atoms with Gasteiger partial charge < -0.3 is 0 Å². The summed E-state index contributed by atoms with van der Waals surface area (Å²) in [6, 6.07) is 18.2. The van der Waals surface area contributed by atoms with Gasteiger partial charge in [-0.1, -0.05) is 60.1 Å². The highest BCUT2D eigenvalue weighted by Gasteiger charge is 2.07. The molecule has 2 heteroatoms. The monoisotopic (exact) mass is 278 g/mol. The molecule has 0 aromatic heterocycles. The molecule has 0 amide bonds. The number of hydrogen-bond donors (Lipinski definition) is 0. The Bertz CT molecular complexity index is 479. The molecule has 18 heavy (non-hydrogen) atoms. The lowest BCUT2D eigenvalue weighted by Gasteiger charge is -2.10. The Morgan fingerprint density at radius 2 is 1.56 bits per heavy atom. The first-order chi connectivity index (χ1) is 8.77. The quantitative estimate of drug-likeness (QED) is 0.621. The maximum atomic E-state index is 6.38. The van der Waals surface area contributed by atoms with Crippen molar-refractivity contribution in [3.05, 3.63) is 70.7 Å². The summed E-state index contributed by atoms with van der Waals surface area (Å²) in [7, 11) is 0. The first kappa shape index (κ1) is 13.5. The van der Waals surface area contributed by atoms with Crippen LogP contribution in [0.3, 0.4) is 0 Å². The van der Waals surface area contributed by atoms with E-state index in [-0.39, 0.29) is 5.38 Å². The zero-order valence-corrected chi connectivity index (χ0v) is 11.7. The van der Waals surface area contributed by atoms with Crippen molar-refractivity contribution in [2.75, 3.05) is 0 Å². The molecule has 0 N–H and O–H groups in total. The van der Waals surface area contributed by atoms with Gasteiger partial charge in [-0.2, -0.15) is 0 Å². The fraction of sp³-hybridized carbons (Fsp3) is 0.250. The van der Waals surface area contributed by atoms with Gasteiger partial charge in [0.15, 0.2) is 0 Å². The standard InChI is InChI=1S/C16H16Cl2/c17-15-11-5-4-9-14(15)10-6-12-16(18)13-7-2-1-3-8-13/h1-5,7-9,11,16H,6,10,12H2. The minimum atomic E-state index is 0.0914. The first-order valence-corrected chi connectivity index (χ1v) is 7.01. The van der Waals surface area contributed by atoms with E-state index in [2.05, 4.69) is 18.2 Å². The molecule has 2 aromatic rings. The van der Waals surface area contributed by atoms with E-state index in [9.17, 15) is 0 Å². The van der Waals surface area contributed by atoms with E-state index in [0.29, 0.717) is 0 Å². The third-order valence-electron chi connectivity index (χ3n) is 3.02. The summed E-state index contributed by atoms with van der Waals surface area (Å²) in [6.45, 7) is 0. The predicted octanol–water partition coefficient (Wildman–Crippen LogP) is 5.64. The zero-order chi connectivity index (χ0) is 12.8. The second-order valence-electron chi connectivity index (χ2n) is 4.36.